The molecule has 0 bridgehead atoms. The minimum Gasteiger partial charge on any atom is -0.455 e. The van der Waals surface area contributed by atoms with Gasteiger partial charge in [-0.25, -0.2) is 0 Å². The highest BCUT2D eigenvalue weighted by Crippen LogP contribution is 2.32. The van der Waals surface area contributed by atoms with E-state index in [9.17, 15) is 0 Å². The minimum atomic E-state index is 0.690. The van der Waals surface area contributed by atoms with Crippen molar-refractivity contribution in [2.24, 2.45) is 0 Å². The highest BCUT2D eigenvalue weighted by atomic mass is 79.9. The van der Waals surface area contributed by atoms with Crippen molar-refractivity contribution in [3.05, 3.63) is 52.0 Å². The van der Waals surface area contributed by atoms with E-state index in [1.807, 2.05) is 50.2 Å². The number of nitrogens with two attached hydrogens (primary N) is 1. The maximum Gasteiger partial charge on any atom is 0.150 e. The van der Waals surface area contributed by atoms with Crippen LogP contribution in [0.2, 0.25) is 0 Å². The third-order valence-electron chi connectivity index (χ3n) is 2.64. The molecule has 0 atom stereocenters. The predicted molar refractivity (Wildman–Crippen MR) is 74.5 cm³/mol. The molecule has 2 N–H and O–H groups in total. The molecule has 0 aliphatic rings. The molecule has 0 heterocycles. The van der Waals surface area contributed by atoms with E-state index in [0.29, 0.717) is 11.4 Å². The maximum atomic E-state index is 5.98. The molecule has 0 aromatic heterocycles. The first kappa shape index (κ1) is 12.0. The van der Waals surface area contributed by atoms with Crippen LogP contribution >= 0.6 is 15.9 Å². The van der Waals surface area contributed by atoms with Crippen LogP contribution in [0.15, 0.2) is 40.9 Å². The number of hydrogen-bond acceptors (Lipinski definition) is 2. The van der Waals surface area contributed by atoms with Crippen LogP contribution in [0, 0.1) is 13.8 Å². The number of ether oxygens (including phenoxy) is 1. The lowest BCUT2D eigenvalue weighted by atomic mass is 10.2. The van der Waals surface area contributed by atoms with Gasteiger partial charge in [-0.1, -0.05) is 28.1 Å². The number of anilines is 1. The van der Waals surface area contributed by atoms with Gasteiger partial charge in [-0.2, -0.15) is 0 Å². The fourth-order valence-electron chi connectivity index (χ4n) is 1.59. The summed E-state index contributed by atoms with van der Waals surface area (Å²) < 4.78 is 6.87. The van der Waals surface area contributed by atoms with Crippen molar-refractivity contribution < 1.29 is 4.74 Å². The van der Waals surface area contributed by atoms with E-state index in [0.717, 1.165) is 21.3 Å². The van der Waals surface area contributed by atoms with Crippen LogP contribution in [0.5, 0.6) is 11.5 Å². The van der Waals surface area contributed by atoms with Crippen LogP contribution in [-0.4, -0.2) is 0 Å². The first-order valence-corrected chi connectivity index (χ1v) is 6.16. The van der Waals surface area contributed by atoms with E-state index in [1.54, 1.807) is 0 Å². The van der Waals surface area contributed by atoms with Gasteiger partial charge in [0.15, 0.2) is 5.75 Å². The second-order valence-corrected chi connectivity index (χ2v) is 4.91. The first-order valence-electron chi connectivity index (χ1n) is 5.37. The summed E-state index contributed by atoms with van der Waals surface area (Å²) in [4.78, 5) is 0. The fraction of sp³-hybridized carbons (Fsp3) is 0.143. The molecule has 2 rings (SSSR count). The number of halogens is 1. The summed E-state index contributed by atoms with van der Waals surface area (Å²) in [5.74, 6) is 1.53. The Morgan fingerprint density at radius 1 is 1.00 bits per heavy atom. The fourth-order valence-corrected chi connectivity index (χ4v) is 2.06. The van der Waals surface area contributed by atoms with Crippen LogP contribution < -0.4 is 10.5 Å². The van der Waals surface area contributed by atoms with Crippen molar-refractivity contribution >= 4 is 21.6 Å². The largest absolute Gasteiger partial charge is 0.455 e. The van der Waals surface area contributed by atoms with Crippen molar-refractivity contribution in [2.45, 2.75) is 13.8 Å². The van der Waals surface area contributed by atoms with Gasteiger partial charge < -0.3 is 10.5 Å². The number of aryl methyl sites for hydroxylation is 2. The summed E-state index contributed by atoms with van der Waals surface area (Å²) in [6, 6.07) is 11.7. The third-order valence-corrected chi connectivity index (χ3v) is 3.13. The second kappa shape index (κ2) is 4.80. The summed E-state index contributed by atoms with van der Waals surface area (Å²) in [7, 11) is 0. The first-order chi connectivity index (χ1) is 8.08. The number of para-hydroxylation sites is 1. The molecule has 3 heteroatoms. The van der Waals surface area contributed by atoms with Gasteiger partial charge in [0.1, 0.15) is 5.75 Å². The van der Waals surface area contributed by atoms with Gasteiger partial charge in [0.05, 0.1) is 5.69 Å². The molecule has 2 nitrogen and oxygen atoms in total. The van der Waals surface area contributed by atoms with Crippen molar-refractivity contribution in [2.75, 3.05) is 5.73 Å². The number of hydrogen-bond donors (Lipinski definition) is 1. The zero-order chi connectivity index (χ0) is 12.4. The summed E-state index contributed by atoms with van der Waals surface area (Å²) >= 11 is 3.43. The summed E-state index contributed by atoms with van der Waals surface area (Å²) in [5.41, 5.74) is 8.76. The Bertz CT molecular complexity index is 552. The predicted octanol–water partition coefficient (Wildman–Crippen LogP) is 4.44. The molecule has 0 aliphatic carbocycles. The van der Waals surface area contributed by atoms with Gasteiger partial charge >= 0.3 is 0 Å². The number of rotatable bonds is 2. The molecule has 17 heavy (non-hydrogen) atoms. The third kappa shape index (κ3) is 2.61. The lowest BCUT2D eigenvalue weighted by molar-refractivity contribution is 0.481. The molecule has 0 fully saturated rings. The van der Waals surface area contributed by atoms with Crippen molar-refractivity contribution in [1.29, 1.82) is 0 Å². The van der Waals surface area contributed by atoms with E-state index in [-0.39, 0.29) is 0 Å². The molecule has 0 radical (unpaired) electrons. The molecule has 88 valence electrons. The number of nitrogen functional groups attached to an aromatic ring is 1. The van der Waals surface area contributed by atoms with Crippen LogP contribution in [0.3, 0.4) is 0 Å². The Balaban J connectivity index is 2.35. The van der Waals surface area contributed by atoms with E-state index in [2.05, 4.69) is 15.9 Å². The monoisotopic (exact) mass is 291 g/mol. The lowest BCUT2D eigenvalue weighted by Gasteiger charge is -2.12. The van der Waals surface area contributed by atoms with Crippen LogP contribution in [0.25, 0.3) is 0 Å². The quantitative estimate of drug-likeness (QED) is 0.830. The van der Waals surface area contributed by atoms with Gasteiger partial charge in [0.25, 0.3) is 0 Å². The molecule has 2 aromatic rings. The maximum absolute atomic E-state index is 5.98. The molecule has 0 saturated carbocycles. The van der Waals surface area contributed by atoms with E-state index < -0.39 is 0 Å². The summed E-state index contributed by atoms with van der Waals surface area (Å²) in [6.45, 7) is 3.97. The minimum absolute atomic E-state index is 0.690. The Morgan fingerprint density at radius 3 is 2.47 bits per heavy atom. The van der Waals surface area contributed by atoms with Crippen LogP contribution in [-0.2, 0) is 0 Å². The number of benzene rings is 2. The van der Waals surface area contributed by atoms with Gasteiger partial charge in [-0.05, 0) is 49.2 Å². The van der Waals surface area contributed by atoms with Crippen molar-refractivity contribution in [3.8, 4) is 11.5 Å². The molecule has 0 unspecified atom stereocenters. The topological polar surface area (TPSA) is 35.2 Å². The highest BCUT2D eigenvalue weighted by molar-refractivity contribution is 9.10. The molecular formula is C14H14BrNO. The molecule has 0 saturated heterocycles. The zero-order valence-electron chi connectivity index (χ0n) is 9.83. The molecule has 0 spiro atoms. The normalized spacial score (nSPS) is 10.3. The van der Waals surface area contributed by atoms with Crippen LogP contribution in [0.4, 0.5) is 5.69 Å². The Labute approximate surface area is 110 Å². The average Bonchev–Trinajstić information content (AvgIpc) is 2.28. The molecule has 0 aliphatic heterocycles. The van der Waals surface area contributed by atoms with Gasteiger partial charge in [0, 0.05) is 4.47 Å². The summed E-state index contributed by atoms with van der Waals surface area (Å²) in [6.07, 6.45) is 0. The second-order valence-electron chi connectivity index (χ2n) is 4.00. The summed E-state index contributed by atoms with van der Waals surface area (Å²) in [5, 5.41) is 0. The van der Waals surface area contributed by atoms with Crippen LogP contribution in [0.1, 0.15) is 11.1 Å². The highest BCUT2D eigenvalue weighted by Gasteiger charge is 2.06. The van der Waals surface area contributed by atoms with Crippen molar-refractivity contribution in [1.82, 2.24) is 0 Å². The van der Waals surface area contributed by atoms with E-state index in [1.165, 1.54) is 0 Å². The zero-order valence-corrected chi connectivity index (χ0v) is 11.4. The van der Waals surface area contributed by atoms with Gasteiger partial charge in [0.2, 0.25) is 0 Å². The van der Waals surface area contributed by atoms with Gasteiger partial charge in [-0.3, -0.25) is 0 Å². The smallest absolute Gasteiger partial charge is 0.150 e. The Hall–Kier alpha value is -1.48. The Morgan fingerprint density at radius 2 is 1.76 bits per heavy atom. The SMILES string of the molecule is Cc1cc(Br)ccc1Oc1cccc(C)c1N. The average molecular weight is 292 g/mol. The molecule has 2 aromatic carbocycles. The standard InChI is InChI=1S/C14H14BrNO/c1-9-4-3-5-13(14(9)16)17-12-7-6-11(15)8-10(12)2/h3-8H,16H2,1-2H3. The lowest BCUT2D eigenvalue weighted by Crippen LogP contribution is -1.95. The van der Waals surface area contributed by atoms with Gasteiger partial charge in [-0.15, -0.1) is 0 Å². The molecule has 0 amide bonds. The van der Waals surface area contributed by atoms with E-state index >= 15 is 0 Å². The van der Waals surface area contributed by atoms with Crippen molar-refractivity contribution in [3.63, 3.8) is 0 Å². The Kier molecular flexibility index (Phi) is 3.38. The molecular weight excluding hydrogens is 278 g/mol. The van der Waals surface area contributed by atoms with E-state index in [4.69, 9.17) is 10.5 Å².